The zero-order valence-corrected chi connectivity index (χ0v) is 14.5. The monoisotopic (exact) mass is 298 g/mol. The molecule has 0 unspecified atom stereocenters. The number of fused-ring (bicyclic) bond motifs is 5. The normalized spacial score (nSPS) is 49.4. The van der Waals surface area contributed by atoms with Gasteiger partial charge in [-0.25, -0.2) is 0 Å². The first-order valence-corrected chi connectivity index (χ1v) is 9.38. The first-order chi connectivity index (χ1) is 10.5. The Morgan fingerprint density at radius 1 is 1.14 bits per heavy atom. The lowest BCUT2D eigenvalue weighted by atomic mass is 9.46. The van der Waals surface area contributed by atoms with E-state index in [1.165, 1.54) is 49.7 Å². The molecule has 120 valence electrons. The summed E-state index contributed by atoms with van der Waals surface area (Å²) >= 11 is 0. The molecule has 0 aromatic rings. The van der Waals surface area contributed by atoms with E-state index in [2.05, 4.69) is 26.8 Å². The molecule has 3 saturated carbocycles. The molecule has 0 aromatic carbocycles. The minimum absolute atomic E-state index is 0.266. The van der Waals surface area contributed by atoms with E-state index in [1.807, 2.05) is 6.08 Å². The second-order valence-corrected chi connectivity index (χ2v) is 8.92. The van der Waals surface area contributed by atoms with E-state index in [1.54, 1.807) is 0 Å². The second kappa shape index (κ2) is 4.82. The van der Waals surface area contributed by atoms with E-state index in [0.29, 0.717) is 11.2 Å². The third kappa shape index (κ3) is 1.87. The molecule has 22 heavy (non-hydrogen) atoms. The third-order valence-corrected chi connectivity index (χ3v) is 8.00. The number of hydrogen-bond donors (Lipinski definition) is 0. The van der Waals surface area contributed by atoms with E-state index in [9.17, 15) is 4.79 Å². The Morgan fingerprint density at radius 3 is 2.73 bits per heavy atom. The van der Waals surface area contributed by atoms with Crippen LogP contribution in [0.3, 0.4) is 0 Å². The van der Waals surface area contributed by atoms with Gasteiger partial charge in [-0.1, -0.05) is 26.3 Å². The molecular formula is C21H30O. The van der Waals surface area contributed by atoms with Gasteiger partial charge in [0, 0.05) is 6.42 Å². The highest BCUT2D eigenvalue weighted by Gasteiger charge is 2.57. The molecule has 1 nitrogen and oxygen atoms in total. The molecule has 4 aliphatic rings. The van der Waals surface area contributed by atoms with Crippen LogP contribution < -0.4 is 0 Å². The molecular weight excluding hydrogens is 268 g/mol. The number of carbonyl (C=O) groups is 1. The van der Waals surface area contributed by atoms with Crippen molar-refractivity contribution in [3.63, 3.8) is 0 Å². The van der Waals surface area contributed by atoms with Gasteiger partial charge in [0.05, 0.1) is 0 Å². The minimum atomic E-state index is 0.266. The number of hydrogen-bond acceptors (Lipinski definition) is 1. The van der Waals surface area contributed by atoms with Crippen LogP contribution in [-0.2, 0) is 4.79 Å². The van der Waals surface area contributed by atoms with Crippen LogP contribution in [0.4, 0.5) is 0 Å². The van der Waals surface area contributed by atoms with Gasteiger partial charge in [0.2, 0.25) is 0 Å². The van der Waals surface area contributed by atoms with Crippen LogP contribution in [-0.4, -0.2) is 5.78 Å². The summed E-state index contributed by atoms with van der Waals surface area (Å²) in [4.78, 5) is 12.0. The summed E-state index contributed by atoms with van der Waals surface area (Å²) in [5.74, 6) is 2.96. The molecule has 0 amide bonds. The smallest absolute Gasteiger partial charge is 0.156 e. The van der Waals surface area contributed by atoms with Crippen LogP contribution in [0.2, 0.25) is 0 Å². The molecule has 0 N–H and O–H groups in total. The van der Waals surface area contributed by atoms with Crippen molar-refractivity contribution in [3.05, 3.63) is 23.3 Å². The Balaban J connectivity index is 1.78. The summed E-state index contributed by atoms with van der Waals surface area (Å²) in [7, 11) is 0. The Hall–Kier alpha value is -0.850. The third-order valence-electron chi connectivity index (χ3n) is 8.00. The van der Waals surface area contributed by atoms with Crippen LogP contribution in [0.1, 0.15) is 72.1 Å². The van der Waals surface area contributed by atoms with Crippen molar-refractivity contribution >= 4 is 5.78 Å². The Bertz CT molecular complexity index is 568. The summed E-state index contributed by atoms with van der Waals surface area (Å²) in [5, 5.41) is 0. The van der Waals surface area contributed by atoms with E-state index < -0.39 is 0 Å². The van der Waals surface area contributed by atoms with Crippen molar-refractivity contribution in [1.82, 2.24) is 0 Å². The molecule has 3 fully saturated rings. The van der Waals surface area contributed by atoms with Crippen molar-refractivity contribution in [2.24, 2.45) is 28.6 Å². The molecule has 0 radical (unpaired) electrons. The van der Waals surface area contributed by atoms with Gasteiger partial charge in [-0.05, 0) is 91.3 Å². The van der Waals surface area contributed by atoms with Crippen LogP contribution in [0.5, 0.6) is 0 Å². The Kier molecular flexibility index (Phi) is 3.23. The van der Waals surface area contributed by atoms with Crippen LogP contribution in [0, 0.1) is 28.6 Å². The molecule has 5 atom stereocenters. The van der Waals surface area contributed by atoms with E-state index in [4.69, 9.17) is 0 Å². The highest BCUT2D eigenvalue weighted by molar-refractivity contribution is 5.92. The van der Waals surface area contributed by atoms with Crippen molar-refractivity contribution in [1.29, 1.82) is 0 Å². The van der Waals surface area contributed by atoms with Gasteiger partial charge in [-0.2, -0.15) is 0 Å². The summed E-state index contributed by atoms with van der Waals surface area (Å²) in [6.45, 7) is 7.21. The van der Waals surface area contributed by atoms with Gasteiger partial charge < -0.3 is 0 Å². The van der Waals surface area contributed by atoms with Crippen LogP contribution in [0.25, 0.3) is 0 Å². The van der Waals surface area contributed by atoms with Gasteiger partial charge in [0.1, 0.15) is 0 Å². The van der Waals surface area contributed by atoms with Crippen molar-refractivity contribution in [3.8, 4) is 0 Å². The summed E-state index contributed by atoms with van der Waals surface area (Å²) in [6, 6.07) is 0. The average Bonchev–Trinajstić information content (AvgIpc) is 2.89. The maximum Gasteiger partial charge on any atom is 0.156 e. The average molecular weight is 298 g/mol. The fraction of sp³-hybridized carbons (Fsp3) is 0.762. The van der Waals surface area contributed by atoms with Crippen LogP contribution in [0.15, 0.2) is 23.3 Å². The predicted molar refractivity (Wildman–Crippen MR) is 90.5 cm³/mol. The molecule has 1 heteroatoms. The van der Waals surface area contributed by atoms with Gasteiger partial charge >= 0.3 is 0 Å². The fourth-order valence-corrected chi connectivity index (χ4v) is 6.75. The molecule has 0 saturated heterocycles. The van der Waals surface area contributed by atoms with Gasteiger partial charge in [-0.15, -0.1) is 0 Å². The van der Waals surface area contributed by atoms with E-state index >= 15 is 0 Å². The van der Waals surface area contributed by atoms with E-state index in [-0.39, 0.29) is 5.41 Å². The predicted octanol–water partition coefficient (Wildman–Crippen LogP) is 5.46. The summed E-state index contributed by atoms with van der Waals surface area (Å²) in [6.07, 6.45) is 14.5. The molecule has 4 rings (SSSR count). The zero-order valence-electron chi connectivity index (χ0n) is 14.5. The molecule has 0 bridgehead atoms. The Labute approximate surface area is 135 Å². The first kappa shape index (κ1) is 14.7. The van der Waals surface area contributed by atoms with Gasteiger partial charge in [0.25, 0.3) is 0 Å². The van der Waals surface area contributed by atoms with Crippen molar-refractivity contribution < 1.29 is 4.79 Å². The highest BCUT2D eigenvalue weighted by Crippen LogP contribution is 2.66. The number of allylic oxidation sites excluding steroid dienone is 3. The molecule has 0 aromatic heterocycles. The van der Waals surface area contributed by atoms with Crippen LogP contribution >= 0.6 is 0 Å². The first-order valence-electron chi connectivity index (χ1n) is 9.38. The van der Waals surface area contributed by atoms with Crippen molar-refractivity contribution in [2.75, 3.05) is 0 Å². The largest absolute Gasteiger partial charge is 0.295 e. The standard InChI is InChI=1S/C21H30O/c1-4-14-12-16-17-6-5-9-20(17,2)10-8-18(16)21(3)11-7-15(22)13-19(14)21/h4,13,16-18H,5-12H2,1-3H3/b14-4+/t16-,17-,18-,20-,21+/m0/s1. The Morgan fingerprint density at radius 2 is 1.95 bits per heavy atom. The molecule has 0 spiro atoms. The maximum atomic E-state index is 12.0. The van der Waals surface area contributed by atoms with E-state index in [0.717, 1.165) is 30.6 Å². The number of rotatable bonds is 0. The highest BCUT2D eigenvalue weighted by atomic mass is 16.1. The number of carbonyl (C=O) groups excluding carboxylic acids is 1. The maximum absolute atomic E-state index is 12.0. The summed E-state index contributed by atoms with van der Waals surface area (Å²) in [5.41, 5.74) is 3.78. The lowest BCUT2D eigenvalue weighted by molar-refractivity contribution is -0.117. The number of ketones is 1. The van der Waals surface area contributed by atoms with Gasteiger partial charge in [0.15, 0.2) is 5.78 Å². The lowest BCUT2D eigenvalue weighted by Crippen LogP contribution is -2.49. The lowest BCUT2D eigenvalue weighted by Gasteiger charge is -2.58. The molecule has 0 aliphatic heterocycles. The van der Waals surface area contributed by atoms with Gasteiger partial charge in [-0.3, -0.25) is 4.79 Å². The molecule has 0 heterocycles. The SMILES string of the molecule is C/C=C1\C[C@H]2[C@@H]3CCC[C@@]3(C)CC[C@@H]2[C@@]2(C)CCC(=O)C=C12. The second-order valence-electron chi connectivity index (χ2n) is 8.92. The topological polar surface area (TPSA) is 17.1 Å². The minimum Gasteiger partial charge on any atom is -0.295 e. The van der Waals surface area contributed by atoms with Crippen molar-refractivity contribution in [2.45, 2.75) is 72.1 Å². The fourth-order valence-electron chi connectivity index (χ4n) is 6.75. The quantitative estimate of drug-likeness (QED) is 0.580. The molecule has 4 aliphatic carbocycles. The summed E-state index contributed by atoms with van der Waals surface area (Å²) < 4.78 is 0. The zero-order chi connectivity index (χ0) is 15.5.